The molecule has 30 heavy (non-hydrogen) atoms. The zero-order valence-corrected chi connectivity index (χ0v) is 16.5. The van der Waals surface area contributed by atoms with Gasteiger partial charge in [-0.15, -0.1) is 5.10 Å². The van der Waals surface area contributed by atoms with E-state index in [0.29, 0.717) is 30.8 Å². The second-order valence-corrected chi connectivity index (χ2v) is 7.77. The van der Waals surface area contributed by atoms with Crippen molar-refractivity contribution in [2.24, 2.45) is 11.8 Å². The molecule has 1 saturated heterocycles. The smallest absolute Gasteiger partial charge is 0.221 e. The van der Waals surface area contributed by atoms with Crippen molar-refractivity contribution in [3.8, 4) is 0 Å². The number of anilines is 1. The van der Waals surface area contributed by atoms with Crippen molar-refractivity contribution in [3.05, 3.63) is 48.3 Å². The molecule has 1 aromatic carbocycles. The molecule has 4 aromatic rings. The van der Waals surface area contributed by atoms with Gasteiger partial charge >= 0.3 is 0 Å². The molecule has 9 nitrogen and oxygen atoms in total. The molecule has 1 aliphatic heterocycles. The zero-order chi connectivity index (χ0) is 20.5. The minimum atomic E-state index is 0.104. The van der Waals surface area contributed by atoms with Crippen LogP contribution in [0.2, 0.25) is 0 Å². The van der Waals surface area contributed by atoms with Crippen molar-refractivity contribution < 1.29 is 10.2 Å². The summed E-state index contributed by atoms with van der Waals surface area (Å²) in [5, 5.41) is 28.5. The summed E-state index contributed by atoms with van der Waals surface area (Å²) in [6, 6.07) is 10.1. The second-order valence-electron chi connectivity index (χ2n) is 7.77. The maximum Gasteiger partial charge on any atom is 0.221 e. The number of nitrogens with zero attached hydrogens (tertiary/aromatic N) is 7. The molecule has 9 heteroatoms. The Morgan fingerprint density at radius 1 is 1.07 bits per heavy atom. The van der Waals surface area contributed by atoms with Gasteiger partial charge in [0, 0.05) is 43.8 Å². The van der Waals surface area contributed by atoms with Crippen LogP contribution in [0.25, 0.3) is 22.2 Å². The Morgan fingerprint density at radius 2 is 1.97 bits per heavy atom. The van der Waals surface area contributed by atoms with Gasteiger partial charge in [-0.05, 0) is 36.1 Å². The number of aliphatic hydroxyl groups is 2. The first kappa shape index (κ1) is 18.8. The minimum absolute atomic E-state index is 0.104. The zero-order valence-electron chi connectivity index (χ0n) is 16.5. The fourth-order valence-electron chi connectivity index (χ4n) is 4.23. The SMILES string of the molecule is OCCC1CN(c2cnc3nnn(Cc4ccc5ncccc5c4)c3n2)CC1CO. The average molecular weight is 405 g/mol. The van der Waals surface area contributed by atoms with E-state index in [4.69, 9.17) is 4.98 Å². The fraction of sp³-hybridized carbons (Fsp3) is 0.381. The molecule has 4 heterocycles. The van der Waals surface area contributed by atoms with Gasteiger partial charge in [-0.3, -0.25) is 4.98 Å². The van der Waals surface area contributed by atoms with E-state index < -0.39 is 0 Å². The molecule has 0 bridgehead atoms. The van der Waals surface area contributed by atoms with Gasteiger partial charge in [0.15, 0.2) is 5.65 Å². The fourth-order valence-corrected chi connectivity index (χ4v) is 4.23. The molecule has 0 amide bonds. The first-order valence-electron chi connectivity index (χ1n) is 10.1. The molecule has 3 aromatic heterocycles. The predicted molar refractivity (Wildman–Crippen MR) is 112 cm³/mol. The van der Waals surface area contributed by atoms with Crippen molar-refractivity contribution in [2.45, 2.75) is 13.0 Å². The maximum atomic E-state index is 9.68. The van der Waals surface area contributed by atoms with E-state index in [-0.39, 0.29) is 25.0 Å². The third kappa shape index (κ3) is 3.46. The van der Waals surface area contributed by atoms with E-state index in [1.54, 1.807) is 17.1 Å². The topological polar surface area (TPSA) is 113 Å². The van der Waals surface area contributed by atoms with E-state index in [0.717, 1.165) is 28.8 Å². The van der Waals surface area contributed by atoms with Crippen LogP contribution < -0.4 is 4.90 Å². The molecule has 5 rings (SSSR count). The monoisotopic (exact) mass is 405 g/mol. The number of aromatic nitrogens is 6. The summed E-state index contributed by atoms with van der Waals surface area (Å²) in [7, 11) is 0. The lowest BCUT2D eigenvalue weighted by molar-refractivity contribution is 0.179. The first-order valence-corrected chi connectivity index (χ1v) is 10.1. The number of hydrogen-bond acceptors (Lipinski definition) is 8. The van der Waals surface area contributed by atoms with E-state index >= 15 is 0 Å². The number of benzene rings is 1. The van der Waals surface area contributed by atoms with E-state index in [1.165, 1.54) is 0 Å². The molecule has 2 atom stereocenters. The summed E-state index contributed by atoms with van der Waals surface area (Å²) in [5.41, 5.74) is 3.17. The van der Waals surface area contributed by atoms with E-state index in [9.17, 15) is 10.2 Å². The Bertz CT molecular complexity index is 1180. The summed E-state index contributed by atoms with van der Waals surface area (Å²) in [6.07, 6.45) is 4.17. The highest BCUT2D eigenvalue weighted by Gasteiger charge is 2.32. The van der Waals surface area contributed by atoms with Crippen LogP contribution in [-0.4, -0.2) is 66.5 Å². The Hall–Kier alpha value is -3.17. The van der Waals surface area contributed by atoms with Crippen LogP contribution in [0.4, 0.5) is 5.82 Å². The van der Waals surface area contributed by atoms with Crippen LogP contribution >= 0.6 is 0 Å². The molecule has 2 N–H and O–H groups in total. The molecule has 0 aliphatic carbocycles. The molecule has 1 aliphatic rings. The van der Waals surface area contributed by atoms with E-state index in [1.807, 2.05) is 24.3 Å². The van der Waals surface area contributed by atoms with Gasteiger partial charge < -0.3 is 15.1 Å². The highest BCUT2D eigenvalue weighted by molar-refractivity contribution is 5.79. The van der Waals surface area contributed by atoms with Crippen LogP contribution in [0.1, 0.15) is 12.0 Å². The molecule has 0 radical (unpaired) electrons. The quantitative estimate of drug-likeness (QED) is 0.493. The summed E-state index contributed by atoms with van der Waals surface area (Å²) in [6.45, 7) is 2.20. The number of rotatable bonds is 6. The normalized spacial score (nSPS) is 19.2. The van der Waals surface area contributed by atoms with Crippen molar-refractivity contribution >= 4 is 28.0 Å². The molecular formula is C21H23N7O2. The van der Waals surface area contributed by atoms with Gasteiger partial charge in [0.2, 0.25) is 5.65 Å². The van der Waals surface area contributed by atoms with Gasteiger partial charge in [0.25, 0.3) is 0 Å². The third-order valence-corrected chi connectivity index (χ3v) is 5.85. The second kappa shape index (κ2) is 7.92. The molecule has 2 unspecified atom stereocenters. The number of fused-ring (bicyclic) bond motifs is 2. The Kier molecular flexibility index (Phi) is 4.97. The lowest BCUT2D eigenvalue weighted by atomic mass is 9.94. The third-order valence-electron chi connectivity index (χ3n) is 5.85. The van der Waals surface area contributed by atoms with Gasteiger partial charge in [-0.2, -0.15) is 0 Å². The molecule has 0 saturated carbocycles. The average Bonchev–Trinajstić information content (AvgIpc) is 3.37. The largest absolute Gasteiger partial charge is 0.396 e. The highest BCUT2D eigenvalue weighted by Crippen LogP contribution is 2.29. The standard InChI is InChI=1S/C21H23N7O2/c29-7-5-16-11-27(12-17(16)13-30)19-9-23-20-21(24-19)28(26-25-20)10-14-3-4-18-15(8-14)2-1-6-22-18/h1-4,6,8-9,16-17,29-30H,5,7,10-13H2. The van der Waals surface area contributed by atoms with Gasteiger partial charge in [-0.1, -0.05) is 17.3 Å². The van der Waals surface area contributed by atoms with Gasteiger partial charge in [-0.25, -0.2) is 14.6 Å². The summed E-state index contributed by atoms with van der Waals surface area (Å²) in [4.78, 5) is 15.7. The maximum absolute atomic E-state index is 9.68. The Morgan fingerprint density at radius 3 is 2.83 bits per heavy atom. The first-order chi connectivity index (χ1) is 14.7. The van der Waals surface area contributed by atoms with Crippen LogP contribution in [0.3, 0.4) is 0 Å². The van der Waals surface area contributed by atoms with Gasteiger partial charge in [0.05, 0.1) is 18.3 Å². The van der Waals surface area contributed by atoms with Crippen molar-refractivity contribution in [1.82, 2.24) is 29.9 Å². The molecule has 0 spiro atoms. The Balaban J connectivity index is 1.43. The number of aliphatic hydroxyl groups excluding tert-OH is 2. The number of hydrogen-bond donors (Lipinski definition) is 2. The minimum Gasteiger partial charge on any atom is -0.396 e. The lowest BCUT2D eigenvalue weighted by Crippen LogP contribution is -2.22. The molecule has 154 valence electrons. The molecule has 1 fully saturated rings. The van der Waals surface area contributed by atoms with Crippen LogP contribution in [0, 0.1) is 11.8 Å². The summed E-state index contributed by atoms with van der Waals surface area (Å²) in [5.74, 6) is 1.11. The van der Waals surface area contributed by atoms with Crippen LogP contribution in [0.15, 0.2) is 42.7 Å². The lowest BCUT2D eigenvalue weighted by Gasteiger charge is -2.16. The van der Waals surface area contributed by atoms with Crippen molar-refractivity contribution in [2.75, 3.05) is 31.2 Å². The Labute approximate surface area is 173 Å². The van der Waals surface area contributed by atoms with Crippen molar-refractivity contribution in [3.63, 3.8) is 0 Å². The highest BCUT2D eigenvalue weighted by atomic mass is 16.3. The number of pyridine rings is 1. The van der Waals surface area contributed by atoms with Crippen LogP contribution in [0.5, 0.6) is 0 Å². The van der Waals surface area contributed by atoms with E-state index in [2.05, 4.69) is 31.2 Å². The van der Waals surface area contributed by atoms with Crippen LogP contribution in [-0.2, 0) is 6.54 Å². The predicted octanol–water partition coefficient (Wildman–Crippen LogP) is 1.24. The van der Waals surface area contributed by atoms with Gasteiger partial charge in [0.1, 0.15) is 5.82 Å². The summed E-state index contributed by atoms with van der Waals surface area (Å²) < 4.78 is 1.76. The summed E-state index contributed by atoms with van der Waals surface area (Å²) >= 11 is 0. The van der Waals surface area contributed by atoms with Crippen molar-refractivity contribution in [1.29, 1.82) is 0 Å². The molecular weight excluding hydrogens is 382 g/mol.